The molecule has 31 heavy (non-hydrogen) atoms. The molecular formula is C25H34N4OS. The molecule has 1 fully saturated rings. The molecule has 166 valence electrons. The molecule has 1 aromatic carbocycles. The molecule has 0 bridgehead atoms. The number of nitrogens with two attached hydrogens (primary N) is 1. The molecular weight excluding hydrogens is 404 g/mol. The lowest BCUT2D eigenvalue weighted by Crippen LogP contribution is -2.53. The standard InChI is InChI=1S/C25H34N4OS/c1-20(2)25(19-26,23-10-6-17-31-23)11-7-12-28-13-15-29(16-14-28)24(30)22(27)18-21-8-4-3-5-9-21/h3-6,8-10,17,20,22H,7,11-16,18,27H2,1-2H3/t22-,25?/m0/s1. The van der Waals surface area contributed by atoms with Gasteiger partial charge in [-0.2, -0.15) is 5.26 Å². The summed E-state index contributed by atoms with van der Waals surface area (Å²) in [6.45, 7) is 8.42. The highest BCUT2D eigenvalue weighted by molar-refractivity contribution is 7.10. The number of rotatable bonds is 9. The van der Waals surface area contributed by atoms with E-state index in [2.05, 4.69) is 36.3 Å². The number of piperazine rings is 1. The number of hydrogen-bond donors (Lipinski definition) is 1. The minimum absolute atomic E-state index is 0.0458. The lowest BCUT2D eigenvalue weighted by atomic mass is 9.73. The lowest BCUT2D eigenvalue weighted by Gasteiger charge is -2.37. The quantitative estimate of drug-likeness (QED) is 0.648. The zero-order valence-electron chi connectivity index (χ0n) is 18.7. The van der Waals surface area contributed by atoms with E-state index in [9.17, 15) is 10.1 Å². The second kappa shape index (κ2) is 10.9. The van der Waals surface area contributed by atoms with Gasteiger partial charge >= 0.3 is 0 Å². The molecule has 2 N–H and O–H groups in total. The summed E-state index contributed by atoms with van der Waals surface area (Å²) in [5.74, 6) is 0.321. The van der Waals surface area contributed by atoms with Crippen molar-refractivity contribution in [2.24, 2.45) is 11.7 Å². The first kappa shape index (κ1) is 23.5. The Morgan fingerprint density at radius 2 is 1.87 bits per heavy atom. The fourth-order valence-corrected chi connectivity index (χ4v) is 5.49. The van der Waals surface area contributed by atoms with Crippen LogP contribution < -0.4 is 5.73 Å². The van der Waals surface area contributed by atoms with Gasteiger partial charge in [0.05, 0.1) is 17.5 Å². The summed E-state index contributed by atoms with van der Waals surface area (Å²) in [6.07, 6.45) is 2.42. The molecule has 1 aromatic heterocycles. The van der Waals surface area contributed by atoms with Crippen LogP contribution in [0.15, 0.2) is 47.8 Å². The maximum Gasteiger partial charge on any atom is 0.239 e. The van der Waals surface area contributed by atoms with Crippen molar-refractivity contribution < 1.29 is 4.79 Å². The maximum atomic E-state index is 12.7. The molecule has 3 rings (SSSR count). The first-order valence-electron chi connectivity index (χ1n) is 11.2. The summed E-state index contributed by atoms with van der Waals surface area (Å²) in [4.78, 5) is 18.2. The Morgan fingerprint density at radius 1 is 1.16 bits per heavy atom. The highest BCUT2D eigenvalue weighted by atomic mass is 32.1. The molecule has 0 radical (unpaired) electrons. The minimum Gasteiger partial charge on any atom is -0.339 e. The van der Waals surface area contributed by atoms with E-state index in [4.69, 9.17) is 5.73 Å². The Labute approximate surface area is 190 Å². The molecule has 1 unspecified atom stereocenters. The maximum absolute atomic E-state index is 12.7. The molecule has 2 aromatic rings. The molecule has 1 aliphatic heterocycles. The summed E-state index contributed by atoms with van der Waals surface area (Å²) >= 11 is 1.68. The van der Waals surface area contributed by atoms with Crippen molar-refractivity contribution in [3.05, 3.63) is 58.3 Å². The van der Waals surface area contributed by atoms with E-state index in [-0.39, 0.29) is 11.8 Å². The van der Waals surface area contributed by atoms with Gasteiger partial charge < -0.3 is 10.6 Å². The SMILES string of the molecule is CC(C)C(C#N)(CCCN1CCN(C(=O)[C@@H](N)Cc2ccccc2)CC1)c1cccs1. The van der Waals surface area contributed by atoms with Crippen molar-refractivity contribution in [2.45, 2.75) is 44.6 Å². The second-order valence-electron chi connectivity index (χ2n) is 8.78. The number of carbonyl (C=O) groups is 1. The smallest absolute Gasteiger partial charge is 0.239 e. The predicted molar refractivity (Wildman–Crippen MR) is 127 cm³/mol. The third kappa shape index (κ3) is 5.74. The third-order valence-corrected chi connectivity index (χ3v) is 7.54. The molecule has 0 saturated carbocycles. The van der Waals surface area contributed by atoms with Gasteiger partial charge in [-0.25, -0.2) is 0 Å². The first-order valence-corrected chi connectivity index (χ1v) is 12.1. The second-order valence-corrected chi connectivity index (χ2v) is 9.73. The Kier molecular flexibility index (Phi) is 8.25. The topological polar surface area (TPSA) is 73.4 Å². The van der Waals surface area contributed by atoms with Gasteiger partial charge in [-0.15, -0.1) is 11.3 Å². The van der Waals surface area contributed by atoms with Gasteiger partial charge in [0, 0.05) is 31.1 Å². The molecule has 5 nitrogen and oxygen atoms in total. The van der Waals surface area contributed by atoms with Crippen molar-refractivity contribution >= 4 is 17.2 Å². The Morgan fingerprint density at radius 3 is 2.45 bits per heavy atom. The van der Waals surface area contributed by atoms with E-state index in [1.54, 1.807) is 11.3 Å². The number of hydrogen-bond acceptors (Lipinski definition) is 5. The molecule has 1 aliphatic rings. The van der Waals surface area contributed by atoms with Gasteiger partial charge in [0.15, 0.2) is 0 Å². The highest BCUT2D eigenvalue weighted by Crippen LogP contribution is 2.39. The zero-order chi connectivity index (χ0) is 22.3. The number of amides is 1. The van der Waals surface area contributed by atoms with Crippen molar-refractivity contribution in [1.82, 2.24) is 9.80 Å². The van der Waals surface area contributed by atoms with Crippen molar-refractivity contribution in [1.29, 1.82) is 5.26 Å². The van der Waals surface area contributed by atoms with Crippen LogP contribution in [0.4, 0.5) is 0 Å². The van der Waals surface area contributed by atoms with E-state index in [0.29, 0.717) is 6.42 Å². The minimum atomic E-state index is -0.484. The summed E-state index contributed by atoms with van der Waals surface area (Å²) in [5, 5.41) is 12.1. The number of thiophene rings is 1. The monoisotopic (exact) mass is 438 g/mol. The molecule has 1 saturated heterocycles. The summed E-state index contributed by atoms with van der Waals surface area (Å²) in [5.41, 5.74) is 6.89. The van der Waals surface area contributed by atoms with E-state index in [1.165, 1.54) is 4.88 Å². The molecule has 0 spiro atoms. The van der Waals surface area contributed by atoms with Gasteiger partial charge in [0.2, 0.25) is 5.91 Å². The van der Waals surface area contributed by atoms with Crippen LogP contribution in [0.2, 0.25) is 0 Å². The van der Waals surface area contributed by atoms with E-state index in [1.807, 2.05) is 41.3 Å². The van der Waals surface area contributed by atoms with Crippen molar-refractivity contribution in [2.75, 3.05) is 32.7 Å². The van der Waals surface area contributed by atoms with Gasteiger partial charge in [-0.3, -0.25) is 9.69 Å². The highest BCUT2D eigenvalue weighted by Gasteiger charge is 2.36. The fourth-order valence-electron chi connectivity index (χ4n) is 4.43. The molecule has 2 heterocycles. The average Bonchev–Trinajstić information content (AvgIpc) is 3.32. The first-order chi connectivity index (χ1) is 15.0. The Bertz CT molecular complexity index is 853. The molecule has 6 heteroatoms. The van der Waals surface area contributed by atoms with Crippen LogP contribution in [0.5, 0.6) is 0 Å². The van der Waals surface area contributed by atoms with Crippen LogP contribution in [-0.2, 0) is 16.6 Å². The molecule has 2 atom stereocenters. The lowest BCUT2D eigenvalue weighted by molar-refractivity contribution is -0.134. The summed E-state index contributed by atoms with van der Waals surface area (Å²) < 4.78 is 0. The van der Waals surface area contributed by atoms with Crippen LogP contribution in [-0.4, -0.2) is 54.5 Å². The van der Waals surface area contributed by atoms with Crippen LogP contribution in [0, 0.1) is 17.2 Å². The van der Waals surface area contributed by atoms with Gasteiger partial charge in [0.25, 0.3) is 0 Å². The molecule has 0 aliphatic carbocycles. The number of nitriles is 1. The fraction of sp³-hybridized carbons (Fsp3) is 0.520. The van der Waals surface area contributed by atoms with Crippen LogP contribution in [0.25, 0.3) is 0 Å². The van der Waals surface area contributed by atoms with Crippen LogP contribution >= 0.6 is 11.3 Å². The van der Waals surface area contributed by atoms with Crippen molar-refractivity contribution in [3.63, 3.8) is 0 Å². The van der Waals surface area contributed by atoms with E-state index in [0.717, 1.165) is 51.1 Å². The number of nitrogens with zero attached hydrogens (tertiary/aromatic N) is 3. The van der Waals surface area contributed by atoms with Gasteiger partial charge in [0.1, 0.15) is 0 Å². The van der Waals surface area contributed by atoms with Crippen LogP contribution in [0.1, 0.15) is 37.1 Å². The van der Waals surface area contributed by atoms with E-state index < -0.39 is 11.5 Å². The Balaban J connectivity index is 1.46. The average molecular weight is 439 g/mol. The predicted octanol–water partition coefficient (Wildman–Crippen LogP) is 3.66. The zero-order valence-corrected chi connectivity index (χ0v) is 19.5. The normalized spacial score (nSPS) is 17.8. The third-order valence-electron chi connectivity index (χ3n) is 6.49. The Hall–Kier alpha value is -2.20. The van der Waals surface area contributed by atoms with Crippen LogP contribution in [0.3, 0.4) is 0 Å². The largest absolute Gasteiger partial charge is 0.339 e. The van der Waals surface area contributed by atoms with E-state index >= 15 is 0 Å². The van der Waals surface area contributed by atoms with Gasteiger partial charge in [-0.1, -0.05) is 50.2 Å². The number of benzene rings is 1. The number of carbonyl (C=O) groups excluding carboxylic acids is 1. The van der Waals surface area contributed by atoms with Crippen molar-refractivity contribution in [3.8, 4) is 6.07 Å². The summed E-state index contributed by atoms with van der Waals surface area (Å²) in [7, 11) is 0. The molecule has 1 amide bonds. The van der Waals surface area contributed by atoms with Gasteiger partial charge in [-0.05, 0) is 48.7 Å². The summed E-state index contributed by atoms with van der Waals surface area (Å²) in [6, 6.07) is 16.2.